The molecule has 0 radical (unpaired) electrons. The molecular weight excluding hydrogens is 430 g/mol. The molecule has 3 aromatic carbocycles. The SMILES string of the molecule is COCCOc1ccc2c(C#N)c(-c3ccc(NC(=O)OC(C)c4ccccc4)cc3)[nH]c2c1. The molecule has 0 fully saturated rings. The number of carbonyl (C=O) groups excluding carboxylic acids is 1. The van der Waals surface area contributed by atoms with Gasteiger partial charge in [-0.05, 0) is 42.3 Å². The van der Waals surface area contributed by atoms with E-state index in [2.05, 4.69) is 16.4 Å². The molecule has 4 rings (SSSR count). The predicted molar refractivity (Wildman–Crippen MR) is 131 cm³/mol. The summed E-state index contributed by atoms with van der Waals surface area (Å²) in [5.74, 6) is 0.699. The smallest absolute Gasteiger partial charge is 0.412 e. The number of rotatable bonds is 8. The van der Waals surface area contributed by atoms with E-state index in [1.807, 2.05) is 67.6 Å². The Morgan fingerprint density at radius 2 is 1.82 bits per heavy atom. The maximum absolute atomic E-state index is 12.3. The van der Waals surface area contributed by atoms with Gasteiger partial charge in [0.2, 0.25) is 0 Å². The zero-order valence-corrected chi connectivity index (χ0v) is 19.0. The van der Waals surface area contributed by atoms with Crippen molar-refractivity contribution in [2.75, 3.05) is 25.6 Å². The van der Waals surface area contributed by atoms with Crippen LogP contribution in [0, 0.1) is 11.3 Å². The summed E-state index contributed by atoms with van der Waals surface area (Å²) in [6.07, 6.45) is -0.901. The molecule has 0 aliphatic rings. The summed E-state index contributed by atoms with van der Waals surface area (Å²) in [5.41, 5.74) is 4.41. The number of aromatic amines is 1. The van der Waals surface area contributed by atoms with Crippen LogP contribution in [0.3, 0.4) is 0 Å². The van der Waals surface area contributed by atoms with Gasteiger partial charge in [-0.15, -0.1) is 0 Å². The maximum Gasteiger partial charge on any atom is 0.412 e. The van der Waals surface area contributed by atoms with Gasteiger partial charge in [-0.3, -0.25) is 5.32 Å². The van der Waals surface area contributed by atoms with Crippen LogP contribution >= 0.6 is 0 Å². The number of nitriles is 1. The molecule has 0 bridgehead atoms. The Hall–Kier alpha value is -4.28. The number of methoxy groups -OCH3 is 1. The number of fused-ring (bicyclic) bond motifs is 1. The second-order valence-electron chi connectivity index (χ2n) is 7.70. The summed E-state index contributed by atoms with van der Waals surface area (Å²) in [6.45, 7) is 2.77. The van der Waals surface area contributed by atoms with E-state index in [0.29, 0.717) is 35.9 Å². The summed E-state index contributed by atoms with van der Waals surface area (Å²) in [5, 5.41) is 13.3. The predicted octanol–water partition coefficient (Wildman–Crippen LogP) is 6.04. The normalized spacial score (nSPS) is 11.6. The first kappa shape index (κ1) is 22.9. The largest absolute Gasteiger partial charge is 0.491 e. The molecule has 0 saturated carbocycles. The topological polar surface area (TPSA) is 96.4 Å². The van der Waals surface area contributed by atoms with E-state index in [-0.39, 0.29) is 6.10 Å². The number of aromatic nitrogens is 1. The van der Waals surface area contributed by atoms with Gasteiger partial charge >= 0.3 is 6.09 Å². The van der Waals surface area contributed by atoms with Crippen molar-refractivity contribution in [3.63, 3.8) is 0 Å². The Kier molecular flexibility index (Phi) is 7.11. The van der Waals surface area contributed by atoms with Gasteiger partial charge in [0.05, 0.1) is 23.4 Å². The van der Waals surface area contributed by atoms with Crippen LogP contribution < -0.4 is 10.1 Å². The van der Waals surface area contributed by atoms with Gasteiger partial charge < -0.3 is 19.2 Å². The number of H-pyrrole nitrogens is 1. The highest BCUT2D eigenvalue weighted by molar-refractivity contribution is 5.94. The summed E-state index contributed by atoms with van der Waals surface area (Å²) in [6, 6.07) is 24.7. The van der Waals surface area contributed by atoms with Crippen LogP contribution in [0.15, 0.2) is 72.8 Å². The maximum atomic E-state index is 12.3. The Bertz CT molecular complexity index is 1310. The van der Waals surface area contributed by atoms with Crippen LogP contribution in [0.2, 0.25) is 0 Å². The zero-order chi connectivity index (χ0) is 23.9. The molecule has 0 saturated heterocycles. The summed E-state index contributed by atoms with van der Waals surface area (Å²) in [7, 11) is 1.62. The molecular formula is C27H25N3O4. The first-order chi connectivity index (χ1) is 16.6. The number of amides is 1. The molecule has 1 heterocycles. The number of hydrogen-bond acceptors (Lipinski definition) is 5. The quantitative estimate of drug-likeness (QED) is 0.316. The molecule has 2 N–H and O–H groups in total. The molecule has 1 unspecified atom stereocenters. The minimum Gasteiger partial charge on any atom is -0.491 e. The van der Waals surface area contributed by atoms with Crippen molar-refractivity contribution >= 4 is 22.7 Å². The fourth-order valence-electron chi connectivity index (χ4n) is 3.66. The lowest BCUT2D eigenvalue weighted by Crippen LogP contribution is -2.15. The zero-order valence-electron chi connectivity index (χ0n) is 19.0. The minimum absolute atomic E-state index is 0.367. The second kappa shape index (κ2) is 10.6. The molecule has 4 aromatic rings. The van der Waals surface area contributed by atoms with E-state index >= 15 is 0 Å². The van der Waals surface area contributed by atoms with E-state index in [4.69, 9.17) is 14.2 Å². The molecule has 7 heteroatoms. The number of ether oxygens (including phenoxy) is 3. The number of nitrogens with zero attached hydrogens (tertiary/aromatic N) is 1. The molecule has 0 aliphatic heterocycles. The monoisotopic (exact) mass is 455 g/mol. The van der Waals surface area contributed by atoms with Crippen LogP contribution in [0.5, 0.6) is 5.75 Å². The van der Waals surface area contributed by atoms with Crippen molar-refractivity contribution in [1.29, 1.82) is 5.26 Å². The van der Waals surface area contributed by atoms with Crippen molar-refractivity contribution in [2.24, 2.45) is 0 Å². The highest BCUT2D eigenvalue weighted by atomic mass is 16.6. The van der Waals surface area contributed by atoms with Crippen molar-refractivity contribution in [3.8, 4) is 23.1 Å². The van der Waals surface area contributed by atoms with E-state index in [1.165, 1.54) is 0 Å². The van der Waals surface area contributed by atoms with Gasteiger partial charge in [0.15, 0.2) is 0 Å². The number of hydrogen-bond donors (Lipinski definition) is 2. The van der Waals surface area contributed by atoms with Gasteiger partial charge in [-0.1, -0.05) is 42.5 Å². The first-order valence-corrected chi connectivity index (χ1v) is 10.9. The van der Waals surface area contributed by atoms with Gasteiger partial charge in [0.25, 0.3) is 0 Å². The highest BCUT2D eigenvalue weighted by Crippen LogP contribution is 2.32. The molecule has 34 heavy (non-hydrogen) atoms. The van der Waals surface area contributed by atoms with Crippen LogP contribution in [0.4, 0.5) is 10.5 Å². The van der Waals surface area contributed by atoms with E-state index in [0.717, 1.165) is 22.0 Å². The lowest BCUT2D eigenvalue weighted by atomic mass is 10.1. The van der Waals surface area contributed by atoms with Crippen LogP contribution in [0.25, 0.3) is 22.2 Å². The fourth-order valence-corrected chi connectivity index (χ4v) is 3.66. The van der Waals surface area contributed by atoms with Crippen LogP contribution in [-0.4, -0.2) is 31.4 Å². The third-order valence-corrected chi connectivity index (χ3v) is 5.41. The van der Waals surface area contributed by atoms with E-state index in [9.17, 15) is 10.1 Å². The molecule has 1 atom stereocenters. The minimum atomic E-state index is -0.534. The standard InChI is InChI=1S/C27H25N3O4/c1-18(19-6-4-3-5-7-19)34-27(31)29-21-10-8-20(9-11-21)26-24(17-28)23-13-12-22(16-25(23)30-26)33-15-14-32-2/h3-13,16,18,30H,14-15H2,1-2H3,(H,29,31). The molecule has 172 valence electrons. The van der Waals surface area contributed by atoms with E-state index < -0.39 is 6.09 Å². The highest BCUT2D eigenvalue weighted by Gasteiger charge is 2.15. The van der Waals surface area contributed by atoms with Gasteiger partial charge in [0, 0.05) is 24.2 Å². The molecule has 0 spiro atoms. The van der Waals surface area contributed by atoms with Gasteiger partial charge in [-0.2, -0.15) is 5.26 Å². The molecule has 1 amide bonds. The molecule has 7 nitrogen and oxygen atoms in total. The van der Waals surface area contributed by atoms with Crippen molar-refractivity contribution < 1.29 is 19.0 Å². The Labute approximate surface area is 197 Å². The fraction of sp³-hybridized carbons (Fsp3) is 0.185. The Morgan fingerprint density at radius 3 is 2.53 bits per heavy atom. The van der Waals surface area contributed by atoms with Crippen LogP contribution in [-0.2, 0) is 9.47 Å². The van der Waals surface area contributed by atoms with Crippen molar-refractivity contribution in [1.82, 2.24) is 4.98 Å². The number of carbonyl (C=O) groups is 1. The van der Waals surface area contributed by atoms with Crippen molar-refractivity contribution in [2.45, 2.75) is 13.0 Å². The first-order valence-electron chi connectivity index (χ1n) is 10.9. The number of nitrogens with one attached hydrogen (secondary N) is 2. The number of anilines is 1. The molecule has 0 aliphatic carbocycles. The molecule has 1 aromatic heterocycles. The average molecular weight is 456 g/mol. The summed E-state index contributed by atoms with van der Waals surface area (Å²) < 4.78 is 16.1. The Morgan fingerprint density at radius 1 is 1.06 bits per heavy atom. The van der Waals surface area contributed by atoms with Gasteiger partial charge in [0.1, 0.15) is 24.5 Å². The lowest BCUT2D eigenvalue weighted by Gasteiger charge is -2.14. The number of benzene rings is 3. The van der Waals surface area contributed by atoms with E-state index in [1.54, 1.807) is 19.2 Å². The Balaban J connectivity index is 1.48. The second-order valence-corrected chi connectivity index (χ2v) is 7.70. The third-order valence-electron chi connectivity index (χ3n) is 5.41. The summed E-state index contributed by atoms with van der Waals surface area (Å²) >= 11 is 0. The lowest BCUT2D eigenvalue weighted by molar-refractivity contribution is 0.121. The van der Waals surface area contributed by atoms with Crippen LogP contribution in [0.1, 0.15) is 24.2 Å². The average Bonchev–Trinajstić information content (AvgIpc) is 3.23. The van der Waals surface area contributed by atoms with Gasteiger partial charge in [-0.25, -0.2) is 4.79 Å². The van der Waals surface area contributed by atoms with Crippen molar-refractivity contribution in [3.05, 3.63) is 83.9 Å². The summed E-state index contributed by atoms with van der Waals surface area (Å²) in [4.78, 5) is 15.6. The third kappa shape index (κ3) is 5.20.